The van der Waals surface area contributed by atoms with Crippen LogP contribution in [0.2, 0.25) is 10.0 Å². The molecule has 1 saturated heterocycles. The molecule has 0 aromatic heterocycles. The summed E-state index contributed by atoms with van der Waals surface area (Å²) in [7, 11) is 4.18. The van der Waals surface area contributed by atoms with Crippen LogP contribution in [0.25, 0.3) is 0 Å². The van der Waals surface area contributed by atoms with Crippen molar-refractivity contribution in [2.24, 2.45) is 5.92 Å². The fourth-order valence-electron chi connectivity index (χ4n) is 5.78. The number of aliphatic carboxylic acids is 1. The lowest BCUT2D eigenvalue weighted by atomic mass is 9.70. The minimum absolute atomic E-state index is 0.0127. The van der Waals surface area contributed by atoms with Crippen LogP contribution >= 0.6 is 23.2 Å². The first-order valence-electron chi connectivity index (χ1n) is 12.3. The molecule has 7 nitrogen and oxygen atoms in total. The third-order valence-electron chi connectivity index (χ3n) is 7.85. The number of amides is 1. The molecule has 2 aromatic rings. The Morgan fingerprint density at radius 2 is 1.78 bits per heavy atom. The van der Waals surface area contributed by atoms with Gasteiger partial charge in [0.15, 0.2) is 0 Å². The van der Waals surface area contributed by atoms with E-state index in [9.17, 15) is 24.2 Å². The molecule has 1 aliphatic carbocycles. The molecule has 0 radical (unpaired) electrons. The summed E-state index contributed by atoms with van der Waals surface area (Å²) in [5.41, 5.74) is 1.76. The van der Waals surface area contributed by atoms with Crippen molar-refractivity contribution in [2.45, 2.75) is 56.2 Å². The minimum atomic E-state index is -1.33. The van der Waals surface area contributed by atoms with Crippen molar-refractivity contribution >= 4 is 35.3 Å². The highest BCUT2D eigenvalue weighted by molar-refractivity contribution is 6.31. The van der Waals surface area contributed by atoms with Gasteiger partial charge in [-0.25, -0.2) is 14.0 Å². The number of benzene rings is 2. The van der Waals surface area contributed by atoms with E-state index in [1.807, 2.05) is 12.1 Å². The van der Waals surface area contributed by atoms with Crippen LogP contribution in [0.1, 0.15) is 43.2 Å². The van der Waals surface area contributed by atoms with E-state index in [0.29, 0.717) is 22.9 Å². The van der Waals surface area contributed by atoms with Crippen molar-refractivity contribution in [3.05, 3.63) is 63.4 Å². The van der Waals surface area contributed by atoms with Gasteiger partial charge in [0.05, 0.1) is 11.6 Å². The summed E-state index contributed by atoms with van der Waals surface area (Å²) in [6.45, 7) is -0.105. The molecule has 2 aromatic carbocycles. The minimum Gasteiger partial charge on any atom is -0.488 e. The Labute approximate surface area is 225 Å². The Kier molecular flexibility index (Phi) is 8.21. The summed E-state index contributed by atoms with van der Waals surface area (Å²) in [6.07, 6.45) is 2.28. The smallest absolute Gasteiger partial charge is 0.408 e. The summed E-state index contributed by atoms with van der Waals surface area (Å²) in [4.78, 5) is 25.9. The van der Waals surface area contributed by atoms with Gasteiger partial charge >= 0.3 is 12.1 Å². The average Bonchev–Trinajstić information content (AvgIpc) is 3.28. The maximum Gasteiger partial charge on any atom is 0.408 e. The fraction of sp³-hybridized carbons (Fsp3) is 0.481. The van der Waals surface area contributed by atoms with E-state index in [-0.39, 0.29) is 29.3 Å². The lowest BCUT2D eigenvalue weighted by molar-refractivity contribution is -0.141. The zero-order valence-corrected chi connectivity index (χ0v) is 22.3. The molecule has 2 aliphatic rings. The summed E-state index contributed by atoms with van der Waals surface area (Å²) in [5, 5.41) is 19.4. The number of carbonyl (C=O) groups is 2. The third kappa shape index (κ3) is 5.81. The van der Waals surface area contributed by atoms with Gasteiger partial charge in [0.1, 0.15) is 23.7 Å². The monoisotopic (exact) mass is 552 g/mol. The number of halogens is 3. The van der Waals surface area contributed by atoms with Crippen molar-refractivity contribution in [3.8, 4) is 5.75 Å². The van der Waals surface area contributed by atoms with Gasteiger partial charge < -0.3 is 14.9 Å². The number of carboxylic acid groups (broad SMARTS) is 2. The molecule has 200 valence electrons. The number of hydrogen-bond acceptors (Lipinski definition) is 4. The van der Waals surface area contributed by atoms with Gasteiger partial charge in [-0.05, 0) is 81.4 Å². The van der Waals surface area contributed by atoms with Crippen LogP contribution in [-0.4, -0.2) is 64.9 Å². The largest absolute Gasteiger partial charge is 0.488 e. The molecule has 1 aliphatic heterocycles. The molecule has 37 heavy (non-hydrogen) atoms. The molecule has 2 N–H and O–H groups in total. The molecule has 1 amide bonds. The maximum absolute atomic E-state index is 14.7. The highest BCUT2D eigenvalue weighted by Gasteiger charge is 2.41. The van der Waals surface area contributed by atoms with Crippen LogP contribution < -0.4 is 4.74 Å². The predicted octanol–water partition coefficient (Wildman–Crippen LogP) is 5.91. The van der Waals surface area contributed by atoms with E-state index in [1.54, 1.807) is 6.07 Å². The Hall–Kier alpha value is -2.55. The van der Waals surface area contributed by atoms with Gasteiger partial charge in [0.2, 0.25) is 0 Å². The van der Waals surface area contributed by atoms with Crippen LogP contribution in [-0.2, 0) is 16.8 Å². The Balaban J connectivity index is 1.46. The second kappa shape index (κ2) is 11.1. The summed E-state index contributed by atoms with van der Waals surface area (Å²) < 4.78 is 20.6. The van der Waals surface area contributed by atoms with Crippen molar-refractivity contribution in [3.63, 3.8) is 0 Å². The van der Waals surface area contributed by atoms with Crippen LogP contribution in [0.3, 0.4) is 0 Å². The molecule has 2 atom stereocenters. The first kappa shape index (κ1) is 27.5. The second-order valence-electron chi connectivity index (χ2n) is 10.2. The lowest BCUT2D eigenvalue weighted by Crippen LogP contribution is -2.44. The molecule has 0 bridgehead atoms. The van der Waals surface area contributed by atoms with E-state index in [2.05, 4.69) is 31.1 Å². The number of hydrogen-bond donors (Lipinski definition) is 2. The van der Waals surface area contributed by atoms with Crippen LogP contribution in [0.4, 0.5) is 9.18 Å². The molecular weight excluding hydrogens is 522 g/mol. The van der Waals surface area contributed by atoms with E-state index < -0.39 is 30.0 Å². The third-order valence-corrected chi connectivity index (χ3v) is 8.53. The zero-order chi connectivity index (χ0) is 26.9. The highest BCUT2D eigenvalue weighted by Crippen LogP contribution is 2.44. The Morgan fingerprint density at radius 1 is 1.14 bits per heavy atom. The molecule has 4 rings (SSSR count). The second-order valence-corrected chi connectivity index (χ2v) is 11.0. The van der Waals surface area contributed by atoms with E-state index in [0.717, 1.165) is 30.6 Å². The SMILES string of the molecule is CN(C)C1(c2ccc(Cl)cc2)CCC(Cc2cc(O[C@H]3C[C@@H](C(=O)O)N(C(=O)O)C3)cc(F)c2Cl)CC1. The fourth-order valence-corrected chi connectivity index (χ4v) is 6.09. The van der Waals surface area contributed by atoms with Gasteiger partial charge in [0.25, 0.3) is 0 Å². The number of carboxylic acids is 1. The lowest BCUT2D eigenvalue weighted by Gasteiger charge is -2.45. The predicted molar refractivity (Wildman–Crippen MR) is 139 cm³/mol. The molecule has 0 unspecified atom stereocenters. The quantitative estimate of drug-likeness (QED) is 0.444. The van der Waals surface area contributed by atoms with Crippen molar-refractivity contribution < 1.29 is 28.9 Å². The van der Waals surface area contributed by atoms with Gasteiger partial charge in [-0.1, -0.05) is 35.3 Å². The summed E-state index contributed by atoms with van der Waals surface area (Å²) in [6, 6.07) is 9.67. The Bertz CT molecular complexity index is 1130. The van der Waals surface area contributed by atoms with Gasteiger partial charge in [-0.15, -0.1) is 0 Å². The topological polar surface area (TPSA) is 90.3 Å². The van der Waals surface area contributed by atoms with Gasteiger partial charge in [-0.3, -0.25) is 9.80 Å². The Morgan fingerprint density at radius 3 is 2.32 bits per heavy atom. The molecule has 1 saturated carbocycles. The number of nitrogens with zero attached hydrogens (tertiary/aromatic N) is 2. The molecule has 1 heterocycles. The first-order chi connectivity index (χ1) is 17.5. The average molecular weight is 553 g/mol. The normalized spacial score (nSPS) is 25.9. The van der Waals surface area contributed by atoms with E-state index in [1.165, 1.54) is 11.6 Å². The number of ether oxygens (including phenoxy) is 1. The number of rotatable bonds is 7. The zero-order valence-electron chi connectivity index (χ0n) is 20.8. The highest BCUT2D eigenvalue weighted by atomic mass is 35.5. The molecular formula is C27H31Cl2FN2O5. The van der Waals surface area contributed by atoms with Crippen molar-refractivity contribution in [1.29, 1.82) is 0 Å². The number of likely N-dealkylation sites (tertiary alicyclic amines) is 1. The maximum atomic E-state index is 14.7. The summed E-state index contributed by atoms with van der Waals surface area (Å²) in [5.74, 6) is -1.33. The van der Waals surface area contributed by atoms with E-state index >= 15 is 0 Å². The van der Waals surface area contributed by atoms with Crippen LogP contribution in [0.15, 0.2) is 36.4 Å². The van der Waals surface area contributed by atoms with Crippen molar-refractivity contribution in [1.82, 2.24) is 9.80 Å². The van der Waals surface area contributed by atoms with Crippen LogP contribution in [0.5, 0.6) is 5.75 Å². The van der Waals surface area contributed by atoms with Crippen molar-refractivity contribution in [2.75, 3.05) is 20.6 Å². The van der Waals surface area contributed by atoms with Gasteiger partial charge in [0, 0.05) is 23.0 Å². The molecule has 2 fully saturated rings. The van der Waals surface area contributed by atoms with Crippen LogP contribution in [0, 0.1) is 11.7 Å². The first-order valence-corrected chi connectivity index (χ1v) is 13.1. The van der Waals surface area contributed by atoms with E-state index in [4.69, 9.17) is 27.9 Å². The molecule has 0 spiro atoms. The molecule has 10 heteroatoms. The standard InChI is InChI=1S/C27H31Cl2FN2O5/c1-31(2)27(18-3-5-19(28)6-4-18)9-7-16(8-10-27)11-17-12-20(13-22(30)24(17)29)37-21-14-23(25(33)34)32(15-21)26(35)36/h3-6,12-13,16,21,23H,7-11,14-15H2,1-2H3,(H,33,34)(H,35,36)/t16?,21-,23-,27?/m0/s1. The summed E-state index contributed by atoms with van der Waals surface area (Å²) >= 11 is 12.4. The van der Waals surface area contributed by atoms with Gasteiger partial charge in [-0.2, -0.15) is 0 Å².